The zero-order chi connectivity index (χ0) is 22.1. The average Bonchev–Trinajstić information content (AvgIpc) is 2.79. The van der Waals surface area contributed by atoms with Gasteiger partial charge in [-0.1, -0.05) is 19.1 Å². The van der Waals surface area contributed by atoms with Gasteiger partial charge in [0.05, 0.1) is 11.6 Å². The Morgan fingerprint density at radius 1 is 1.03 bits per heavy atom. The molecule has 1 atom stereocenters. The number of nitrogens with two attached hydrogens (primary N) is 1. The Kier molecular flexibility index (Phi) is 8.75. The lowest BCUT2D eigenvalue weighted by atomic mass is 9.90. The number of aryl methyl sites for hydroxylation is 1. The van der Waals surface area contributed by atoms with Crippen molar-refractivity contribution in [1.82, 2.24) is 9.80 Å². The summed E-state index contributed by atoms with van der Waals surface area (Å²) in [4.78, 5) is 5.08. The van der Waals surface area contributed by atoms with Gasteiger partial charge in [0, 0.05) is 38.4 Å². The summed E-state index contributed by atoms with van der Waals surface area (Å²) >= 11 is 0. The highest BCUT2D eigenvalue weighted by molar-refractivity contribution is 5.41. The standard InChI is InChI=1S/C26H36N4O/c1-3-22(23-6-7-24(20-27)21(2)19-23)5-4-12-29-13-15-30(16-14-29)17-18-31-26-10-8-25(28)9-11-26/h6-11,19,22H,3-5,12-18,28H2,1-2H3. The monoisotopic (exact) mass is 420 g/mol. The maximum atomic E-state index is 9.15. The molecule has 1 aliphatic rings. The number of hydrogen-bond donors (Lipinski definition) is 1. The van der Waals surface area contributed by atoms with Crippen LogP contribution in [0.15, 0.2) is 42.5 Å². The summed E-state index contributed by atoms with van der Waals surface area (Å²) in [5, 5.41) is 9.15. The minimum atomic E-state index is 0.582. The molecule has 3 rings (SSSR count). The second-order valence-corrected chi connectivity index (χ2v) is 8.53. The zero-order valence-electron chi connectivity index (χ0n) is 19.0. The molecular weight excluding hydrogens is 384 g/mol. The molecule has 5 heteroatoms. The molecule has 1 aliphatic heterocycles. The fraction of sp³-hybridized carbons (Fsp3) is 0.500. The summed E-state index contributed by atoms with van der Waals surface area (Å²) in [6, 6.07) is 16.2. The predicted octanol–water partition coefficient (Wildman–Crippen LogP) is 4.42. The molecule has 0 amide bonds. The van der Waals surface area contributed by atoms with Gasteiger partial charge in [-0.2, -0.15) is 5.26 Å². The lowest BCUT2D eigenvalue weighted by molar-refractivity contribution is 0.115. The molecule has 0 aliphatic carbocycles. The summed E-state index contributed by atoms with van der Waals surface area (Å²) in [6.07, 6.45) is 3.57. The van der Waals surface area contributed by atoms with Gasteiger partial charge >= 0.3 is 0 Å². The Morgan fingerprint density at radius 3 is 2.32 bits per heavy atom. The van der Waals surface area contributed by atoms with Crippen molar-refractivity contribution in [3.8, 4) is 11.8 Å². The van der Waals surface area contributed by atoms with Crippen LogP contribution in [0.2, 0.25) is 0 Å². The normalized spacial score (nSPS) is 16.0. The SMILES string of the molecule is CCC(CCCN1CCN(CCOc2ccc(N)cc2)CC1)c1ccc(C#N)c(C)c1. The van der Waals surface area contributed by atoms with Crippen molar-refractivity contribution >= 4 is 5.69 Å². The molecular formula is C26H36N4O. The van der Waals surface area contributed by atoms with Crippen LogP contribution in [0.4, 0.5) is 5.69 Å². The van der Waals surface area contributed by atoms with E-state index in [4.69, 9.17) is 15.7 Å². The smallest absolute Gasteiger partial charge is 0.119 e. The number of benzene rings is 2. The first-order valence-electron chi connectivity index (χ1n) is 11.5. The summed E-state index contributed by atoms with van der Waals surface area (Å²) in [6.45, 7) is 11.6. The lowest BCUT2D eigenvalue weighted by Crippen LogP contribution is -2.47. The van der Waals surface area contributed by atoms with Crippen LogP contribution in [0.5, 0.6) is 5.75 Å². The second kappa shape index (κ2) is 11.7. The molecule has 5 nitrogen and oxygen atoms in total. The van der Waals surface area contributed by atoms with E-state index in [1.165, 1.54) is 24.9 Å². The van der Waals surface area contributed by atoms with Crippen LogP contribution >= 0.6 is 0 Å². The summed E-state index contributed by atoms with van der Waals surface area (Å²) in [5.74, 6) is 1.47. The Hall–Kier alpha value is -2.55. The first-order chi connectivity index (χ1) is 15.1. The van der Waals surface area contributed by atoms with Crippen molar-refractivity contribution in [2.45, 2.75) is 39.0 Å². The predicted molar refractivity (Wildman–Crippen MR) is 127 cm³/mol. The molecule has 1 saturated heterocycles. The molecule has 1 fully saturated rings. The molecule has 1 heterocycles. The van der Waals surface area contributed by atoms with Crippen LogP contribution in [0.25, 0.3) is 0 Å². The summed E-state index contributed by atoms with van der Waals surface area (Å²) in [7, 11) is 0. The maximum Gasteiger partial charge on any atom is 0.119 e. The van der Waals surface area contributed by atoms with E-state index in [1.54, 1.807) is 0 Å². The number of anilines is 1. The van der Waals surface area contributed by atoms with Gasteiger partial charge in [-0.05, 0) is 80.1 Å². The molecule has 31 heavy (non-hydrogen) atoms. The van der Waals surface area contributed by atoms with E-state index in [9.17, 15) is 0 Å². The Balaban J connectivity index is 1.33. The minimum absolute atomic E-state index is 0.582. The maximum absolute atomic E-state index is 9.15. The van der Waals surface area contributed by atoms with Gasteiger partial charge in [0.25, 0.3) is 0 Å². The first-order valence-corrected chi connectivity index (χ1v) is 11.5. The highest BCUT2D eigenvalue weighted by atomic mass is 16.5. The third kappa shape index (κ3) is 6.99. The Bertz CT molecular complexity index is 851. The quantitative estimate of drug-likeness (QED) is 0.577. The van der Waals surface area contributed by atoms with E-state index < -0.39 is 0 Å². The highest BCUT2D eigenvalue weighted by Gasteiger charge is 2.17. The van der Waals surface area contributed by atoms with Crippen LogP contribution in [0.1, 0.15) is 48.8 Å². The van der Waals surface area contributed by atoms with E-state index in [0.717, 1.165) is 61.7 Å². The van der Waals surface area contributed by atoms with Gasteiger partial charge < -0.3 is 15.4 Å². The number of nitrogens with zero attached hydrogens (tertiary/aromatic N) is 3. The van der Waals surface area contributed by atoms with Crippen LogP contribution < -0.4 is 10.5 Å². The zero-order valence-corrected chi connectivity index (χ0v) is 19.0. The van der Waals surface area contributed by atoms with Gasteiger partial charge in [-0.25, -0.2) is 0 Å². The van der Waals surface area contributed by atoms with E-state index >= 15 is 0 Å². The molecule has 2 aromatic rings. The van der Waals surface area contributed by atoms with Gasteiger partial charge in [-0.3, -0.25) is 4.90 Å². The van der Waals surface area contributed by atoms with Crippen molar-refractivity contribution in [1.29, 1.82) is 5.26 Å². The minimum Gasteiger partial charge on any atom is -0.492 e. The average molecular weight is 421 g/mol. The Morgan fingerprint density at radius 2 is 1.71 bits per heavy atom. The third-order valence-electron chi connectivity index (χ3n) is 6.38. The van der Waals surface area contributed by atoms with Crippen molar-refractivity contribution in [3.05, 3.63) is 59.2 Å². The van der Waals surface area contributed by atoms with Crippen molar-refractivity contribution < 1.29 is 4.74 Å². The van der Waals surface area contributed by atoms with Crippen LogP contribution in [-0.4, -0.2) is 55.7 Å². The molecule has 0 radical (unpaired) electrons. The second-order valence-electron chi connectivity index (χ2n) is 8.53. The molecule has 0 aromatic heterocycles. The van der Waals surface area contributed by atoms with E-state index in [0.29, 0.717) is 12.5 Å². The molecule has 0 bridgehead atoms. The van der Waals surface area contributed by atoms with Crippen LogP contribution in [0.3, 0.4) is 0 Å². The van der Waals surface area contributed by atoms with Gasteiger partial charge in [0.2, 0.25) is 0 Å². The number of nitrogen functional groups attached to an aromatic ring is 1. The third-order valence-corrected chi connectivity index (χ3v) is 6.38. The molecule has 2 N–H and O–H groups in total. The molecule has 0 spiro atoms. The van der Waals surface area contributed by atoms with Crippen molar-refractivity contribution in [3.63, 3.8) is 0 Å². The van der Waals surface area contributed by atoms with E-state index in [1.807, 2.05) is 37.3 Å². The first kappa shape index (κ1) is 23.1. The molecule has 0 saturated carbocycles. The summed E-state index contributed by atoms with van der Waals surface area (Å²) in [5.41, 5.74) is 9.74. The van der Waals surface area contributed by atoms with Gasteiger partial charge in [0.15, 0.2) is 0 Å². The molecule has 166 valence electrons. The van der Waals surface area contributed by atoms with Crippen LogP contribution in [-0.2, 0) is 0 Å². The summed E-state index contributed by atoms with van der Waals surface area (Å²) < 4.78 is 5.83. The van der Waals surface area contributed by atoms with E-state index in [2.05, 4.69) is 34.9 Å². The molecule has 1 unspecified atom stereocenters. The fourth-order valence-corrected chi connectivity index (χ4v) is 4.33. The van der Waals surface area contributed by atoms with E-state index in [-0.39, 0.29) is 0 Å². The van der Waals surface area contributed by atoms with Gasteiger partial charge in [0.1, 0.15) is 12.4 Å². The molecule has 2 aromatic carbocycles. The largest absolute Gasteiger partial charge is 0.492 e. The number of ether oxygens (including phenoxy) is 1. The lowest BCUT2D eigenvalue weighted by Gasteiger charge is -2.34. The topological polar surface area (TPSA) is 65.5 Å². The fourth-order valence-electron chi connectivity index (χ4n) is 4.33. The van der Waals surface area contributed by atoms with Crippen LogP contribution in [0, 0.1) is 18.3 Å². The van der Waals surface area contributed by atoms with Gasteiger partial charge in [-0.15, -0.1) is 0 Å². The number of hydrogen-bond acceptors (Lipinski definition) is 5. The number of rotatable bonds is 10. The highest BCUT2D eigenvalue weighted by Crippen LogP contribution is 2.26. The van der Waals surface area contributed by atoms with Crippen molar-refractivity contribution in [2.75, 3.05) is 51.6 Å². The van der Waals surface area contributed by atoms with Crippen molar-refractivity contribution in [2.24, 2.45) is 0 Å². The number of nitriles is 1. The Labute approximate surface area is 187 Å². The number of piperazine rings is 1.